The first kappa shape index (κ1) is 60.2. The number of benzene rings is 4. The van der Waals surface area contributed by atoms with Gasteiger partial charge >= 0.3 is 23.3 Å². The summed E-state index contributed by atoms with van der Waals surface area (Å²) in [7, 11) is 0. The predicted molar refractivity (Wildman–Crippen MR) is 328 cm³/mol. The van der Waals surface area contributed by atoms with Gasteiger partial charge in [-0.3, -0.25) is 28.8 Å². The third-order valence-electron chi connectivity index (χ3n) is 15.5. The maximum atomic E-state index is 14.2. The van der Waals surface area contributed by atoms with Crippen molar-refractivity contribution in [2.24, 2.45) is 0 Å². The summed E-state index contributed by atoms with van der Waals surface area (Å²) >= 11 is 0. The summed E-state index contributed by atoms with van der Waals surface area (Å²) in [6.45, 7) is 6.60. The average molecular weight is 1180 g/mol. The van der Waals surface area contributed by atoms with E-state index in [0.717, 1.165) is 103 Å². The number of ether oxygens (including phenoxy) is 3. The van der Waals surface area contributed by atoms with Crippen LogP contribution in [0.25, 0.3) is 55.4 Å². The van der Waals surface area contributed by atoms with Crippen molar-refractivity contribution in [1.29, 1.82) is 0 Å². The summed E-state index contributed by atoms with van der Waals surface area (Å²) in [4.78, 5) is 110. The van der Waals surface area contributed by atoms with Crippen LogP contribution in [0.5, 0.6) is 11.5 Å². The Balaban J connectivity index is 0.689. The zero-order valence-corrected chi connectivity index (χ0v) is 48.1. The number of fused-ring (bicyclic) bond motifs is 4. The summed E-state index contributed by atoms with van der Waals surface area (Å²) in [5.41, 5.74) is 4.65. The molecule has 0 unspecified atom stereocenters. The Kier molecular flexibility index (Phi) is 18.6. The molecule has 0 bridgehead atoms. The molecule has 0 aliphatic rings. The number of carboxylic acid groups (broad SMARTS) is 2. The van der Waals surface area contributed by atoms with E-state index in [9.17, 15) is 53.7 Å². The Morgan fingerprint density at radius 2 is 0.943 bits per heavy atom. The SMILES string of the molecule is Cc1c(C(=O)c2ccc3c(=O)n(CC(=O)O)c(=O)[nH]c3c2)c2ccccn2c1-c1ccc(OCCCCCN(CCCCCOc2ccc(-c3c(C)c(C(=O)c4ccc5c(=O)n(CC(=O)O)c(=O)[nH]c5c4)c4ccccn34)cc2)CCOCCO)cc1. The van der Waals surface area contributed by atoms with Gasteiger partial charge in [-0.25, -0.2) is 18.7 Å². The minimum Gasteiger partial charge on any atom is -0.494 e. The molecule has 0 aliphatic carbocycles. The molecule has 0 atom stereocenters. The van der Waals surface area contributed by atoms with Crippen LogP contribution in [0.1, 0.15) is 81.5 Å². The average Bonchev–Trinajstić information content (AvgIpc) is 2.29. The quantitative estimate of drug-likeness (QED) is 0.0220. The topological polar surface area (TPSA) is 278 Å². The lowest BCUT2D eigenvalue weighted by Gasteiger charge is -2.22. The lowest BCUT2D eigenvalue weighted by atomic mass is 9.98. The molecule has 0 saturated carbocycles. The predicted octanol–water partition coefficient (Wildman–Crippen LogP) is 7.89. The van der Waals surface area contributed by atoms with Gasteiger partial charge in [0.25, 0.3) is 11.1 Å². The minimum atomic E-state index is -1.33. The van der Waals surface area contributed by atoms with Crippen LogP contribution >= 0.6 is 0 Å². The number of nitrogens with zero attached hydrogens (tertiary/aromatic N) is 5. The van der Waals surface area contributed by atoms with Crippen LogP contribution < -0.4 is 32.0 Å². The third-order valence-corrected chi connectivity index (χ3v) is 15.5. The number of ketones is 2. The number of carboxylic acids is 2. The molecule has 0 fully saturated rings. The first-order chi connectivity index (χ1) is 42.1. The second kappa shape index (κ2) is 27.0. The van der Waals surface area contributed by atoms with Crippen LogP contribution in [-0.4, -0.2) is 124 Å². The van der Waals surface area contributed by atoms with Crippen LogP contribution in [0.3, 0.4) is 0 Å². The number of hydrogen-bond donors (Lipinski definition) is 5. The van der Waals surface area contributed by atoms with E-state index in [1.54, 1.807) is 0 Å². The molecule has 0 spiro atoms. The highest BCUT2D eigenvalue weighted by atomic mass is 16.5. The Morgan fingerprint density at radius 1 is 0.506 bits per heavy atom. The normalized spacial score (nSPS) is 11.6. The number of aliphatic hydroxyl groups excluding tert-OH is 1. The number of rotatable bonds is 29. The molecule has 0 radical (unpaired) electrons. The molecule has 21 nitrogen and oxygen atoms in total. The summed E-state index contributed by atoms with van der Waals surface area (Å²) < 4.78 is 23.1. The highest BCUT2D eigenvalue weighted by Gasteiger charge is 2.26. The van der Waals surface area contributed by atoms with Gasteiger partial charge in [0.2, 0.25) is 0 Å². The zero-order valence-electron chi connectivity index (χ0n) is 48.1. The van der Waals surface area contributed by atoms with E-state index in [1.807, 2.05) is 120 Å². The molecule has 0 saturated heterocycles. The van der Waals surface area contributed by atoms with Crippen molar-refractivity contribution >= 4 is 56.3 Å². The first-order valence-electron chi connectivity index (χ1n) is 28.7. The highest BCUT2D eigenvalue weighted by molar-refractivity contribution is 6.17. The lowest BCUT2D eigenvalue weighted by Crippen LogP contribution is -2.37. The largest absolute Gasteiger partial charge is 0.494 e. The van der Waals surface area contributed by atoms with Crippen molar-refractivity contribution in [2.75, 3.05) is 52.7 Å². The van der Waals surface area contributed by atoms with Gasteiger partial charge in [-0.2, -0.15) is 0 Å². The van der Waals surface area contributed by atoms with E-state index in [0.29, 0.717) is 57.7 Å². The third kappa shape index (κ3) is 13.2. The second-order valence-corrected chi connectivity index (χ2v) is 21.3. The molecule has 0 amide bonds. The maximum Gasteiger partial charge on any atom is 0.329 e. The van der Waals surface area contributed by atoms with Crippen LogP contribution in [0.2, 0.25) is 0 Å². The summed E-state index contributed by atoms with van der Waals surface area (Å²) in [5.74, 6) is -1.83. The van der Waals surface area contributed by atoms with Gasteiger partial charge in [-0.05, 0) is 185 Å². The molecule has 0 aliphatic heterocycles. The van der Waals surface area contributed by atoms with Crippen molar-refractivity contribution < 1.29 is 48.7 Å². The van der Waals surface area contributed by atoms with Gasteiger partial charge in [-0.15, -0.1) is 0 Å². The molecule has 6 aromatic heterocycles. The molecule has 5 N–H and O–H groups in total. The number of H-pyrrole nitrogens is 2. The molecular formula is C66H65N7O14. The number of aromatic nitrogens is 6. The van der Waals surface area contributed by atoms with Crippen molar-refractivity contribution in [3.63, 3.8) is 0 Å². The minimum absolute atomic E-state index is 0.0277. The van der Waals surface area contributed by atoms with Gasteiger partial charge in [0.15, 0.2) is 11.6 Å². The molecule has 10 rings (SSSR count). The van der Waals surface area contributed by atoms with Gasteiger partial charge in [0.1, 0.15) is 24.6 Å². The van der Waals surface area contributed by atoms with E-state index >= 15 is 0 Å². The van der Waals surface area contributed by atoms with Gasteiger partial charge in [-0.1, -0.05) is 24.3 Å². The standard InChI is InChI=1S/C66H65N7O14/c1-41-57(61(79)45-19-25-49-51(37-45)67-65(83)72(63(49)81)39-55(75)76)53-13-5-9-29-70(53)59(41)43-15-21-47(22-16-43)86-33-11-3-7-27-69(31-35-85-36-32-74)28-8-4-12-34-87-48-23-17-44(18-24-48)60-42(2)58(54-14-6-10-30-71(54)60)62(80)46-20-26-50-52(38-46)68-66(84)73(64(50)82)40-56(77)78/h5-6,9-10,13-26,29-30,37-38,74H,3-4,7-8,11-12,27-28,31-36,39-40H2,1-2H3,(H,67,83)(H,68,84)(H,75,76)(H,77,78). The van der Waals surface area contributed by atoms with Crippen LogP contribution in [0.15, 0.2) is 153 Å². The summed E-state index contributed by atoms with van der Waals surface area (Å²) in [6, 6.07) is 35.5. The van der Waals surface area contributed by atoms with Crippen molar-refractivity contribution in [2.45, 2.75) is 65.5 Å². The van der Waals surface area contributed by atoms with E-state index in [4.69, 9.17) is 14.2 Å². The smallest absolute Gasteiger partial charge is 0.329 e. The molecule has 87 heavy (non-hydrogen) atoms. The first-order valence-corrected chi connectivity index (χ1v) is 28.7. The number of unbranched alkanes of at least 4 members (excludes halogenated alkanes) is 4. The fourth-order valence-electron chi connectivity index (χ4n) is 11.3. The number of nitrogens with one attached hydrogen (secondary N) is 2. The number of aromatic amines is 2. The fourth-order valence-corrected chi connectivity index (χ4v) is 11.3. The second-order valence-electron chi connectivity index (χ2n) is 21.3. The van der Waals surface area contributed by atoms with Crippen LogP contribution in [-0.2, 0) is 27.4 Å². The molecule has 10 aromatic rings. The lowest BCUT2D eigenvalue weighted by molar-refractivity contribution is -0.138. The van der Waals surface area contributed by atoms with E-state index < -0.39 is 47.5 Å². The van der Waals surface area contributed by atoms with Crippen molar-refractivity contribution in [3.05, 3.63) is 209 Å². The van der Waals surface area contributed by atoms with Crippen molar-refractivity contribution in [1.82, 2.24) is 32.8 Å². The van der Waals surface area contributed by atoms with Crippen LogP contribution in [0, 0.1) is 13.8 Å². The van der Waals surface area contributed by atoms with Gasteiger partial charge in [0, 0.05) is 30.1 Å². The number of hydrogen-bond acceptors (Lipinski definition) is 13. The number of aliphatic hydroxyl groups is 1. The van der Waals surface area contributed by atoms with Crippen molar-refractivity contribution in [3.8, 4) is 34.0 Å². The van der Waals surface area contributed by atoms with E-state index in [-0.39, 0.29) is 51.1 Å². The monoisotopic (exact) mass is 1180 g/mol. The number of pyridine rings is 2. The Hall–Kier alpha value is -9.96. The van der Waals surface area contributed by atoms with Gasteiger partial charge in [0.05, 0.1) is 88.4 Å². The van der Waals surface area contributed by atoms with Crippen LogP contribution in [0.4, 0.5) is 0 Å². The van der Waals surface area contributed by atoms with E-state index in [1.165, 1.54) is 36.4 Å². The molecule has 4 aromatic carbocycles. The van der Waals surface area contributed by atoms with Gasteiger partial charge < -0.3 is 53.2 Å². The molecule has 6 heterocycles. The summed E-state index contributed by atoms with van der Waals surface area (Å²) in [5, 5.41) is 27.8. The molecular weight excluding hydrogens is 1110 g/mol. The number of aliphatic carboxylic acids is 2. The Bertz CT molecular complexity index is 4200. The van der Waals surface area contributed by atoms with E-state index in [2.05, 4.69) is 14.9 Å². The number of carbonyl (C=O) groups is 4. The number of carbonyl (C=O) groups excluding carboxylic acids is 2. The fraction of sp³-hybridized carbons (Fsp3) is 0.273. The highest BCUT2D eigenvalue weighted by Crippen LogP contribution is 2.36. The molecule has 448 valence electrons. The molecule has 21 heteroatoms. The Labute approximate surface area is 496 Å². The zero-order chi connectivity index (χ0) is 61.3. The summed E-state index contributed by atoms with van der Waals surface area (Å²) in [6.07, 6.45) is 9.36. The maximum absolute atomic E-state index is 14.2. The Morgan fingerprint density at radius 3 is 1.36 bits per heavy atom.